The third kappa shape index (κ3) is 1.96. The first-order chi connectivity index (χ1) is 10.7. The Hall–Kier alpha value is -3.02. The van der Waals surface area contributed by atoms with Crippen LogP contribution in [0, 0.1) is 5.82 Å². The van der Waals surface area contributed by atoms with Gasteiger partial charge in [0, 0.05) is 24.3 Å². The number of nitrogens with one attached hydrogen (secondary N) is 1. The molecule has 0 saturated heterocycles. The number of amides is 1. The molecule has 0 atom stereocenters. The minimum Gasteiger partial charge on any atom is -0.327 e. The van der Waals surface area contributed by atoms with Crippen molar-refractivity contribution in [2.45, 2.75) is 6.54 Å². The fourth-order valence-corrected chi connectivity index (χ4v) is 2.54. The predicted octanol–water partition coefficient (Wildman–Crippen LogP) is 3.10. The number of aromatic nitrogens is 2. The Kier molecular flexibility index (Phi) is 2.75. The topological polar surface area (TPSA) is 59.3 Å². The molecule has 108 valence electrons. The summed E-state index contributed by atoms with van der Waals surface area (Å²) in [7, 11) is 0. The molecule has 4 rings (SSSR count). The molecule has 1 aromatic rings. The van der Waals surface area contributed by atoms with Crippen LogP contribution in [0.4, 0.5) is 15.9 Å². The van der Waals surface area contributed by atoms with Gasteiger partial charge in [-0.25, -0.2) is 9.38 Å². The average molecular weight is 294 g/mol. The molecular weight excluding hydrogens is 283 g/mol. The molecule has 0 aliphatic carbocycles. The van der Waals surface area contributed by atoms with Crippen molar-refractivity contribution < 1.29 is 9.18 Å². The maximum absolute atomic E-state index is 12.9. The van der Waals surface area contributed by atoms with Crippen molar-refractivity contribution in [3.8, 4) is 11.3 Å². The van der Waals surface area contributed by atoms with Crippen LogP contribution in [0.25, 0.3) is 11.3 Å². The van der Waals surface area contributed by atoms with Gasteiger partial charge in [0.25, 0.3) is 5.91 Å². The van der Waals surface area contributed by atoms with Crippen LogP contribution in [0.5, 0.6) is 0 Å². The second-order valence-electron chi connectivity index (χ2n) is 5.00. The van der Waals surface area contributed by atoms with Crippen LogP contribution in [0.15, 0.2) is 47.7 Å². The highest BCUT2D eigenvalue weighted by molar-refractivity contribution is 6.10. The number of anilines is 1. The van der Waals surface area contributed by atoms with Gasteiger partial charge < -0.3 is 9.88 Å². The van der Waals surface area contributed by atoms with Gasteiger partial charge in [-0.3, -0.25) is 9.78 Å². The number of benzene rings is 1. The molecule has 0 bridgehead atoms. The number of hydrogen-bond donors (Lipinski definition) is 1. The summed E-state index contributed by atoms with van der Waals surface area (Å²) < 4.78 is 14.9. The van der Waals surface area contributed by atoms with Crippen LogP contribution in [0.2, 0.25) is 0 Å². The molecule has 3 aliphatic heterocycles. The SMILES string of the molecule is O=C(Nc1ccc(F)cc1)c1cnc2ccn3c(c1-2)N=CC3. The van der Waals surface area contributed by atoms with Crippen LogP contribution >= 0.6 is 0 Å². The van der Waals surface area contributed by atoms with E-state index >= 15 is 0 Å². The Labute approximate surface area is 125 Å². The second kappa shape index (κ2) is 4.77. The maximum atomic E-state index is 12.9. The molecule has 1 N–H and O–H groups in total. The van der Waals surface area contributed by atoms with E-state index in [-0.39, 0.29) is 11.7 Å². The lowest BCUT2D eigenvalue weighted by Crippen LogP contribution is -2.12. The van der Waals surface area contributed by atoms with Crippen LogP contribution in [-0.2, 0) is 6.54 Å². The Morgan fingerprint density at radius 2 is 2.05 bits per heavy atom. The van der Waals surface area contributed by atoms with E-state index in [0.717, 1.165) is 17.1 Å². The van der Waals surface area contributed by atoms with Crippen LogP contribution < -0.4 is 5.32 Å². The minimum absolute atomic E-state index is 0.287. The van der Waals surface area contributed by atoms with Gasteiger partial charge in [0.1, 0.15) is 11.6 Å². The number of halogens is 1. The Bertz CT molecular complexity index is 866. The van der Waals surface area contributed by atoms with Gasteiger partial charge in [0.15, 0.2) is 0 Å². The van der Waals surface area contributed by atoms with E-state index in [1.807, 2.05) is 16.8 Å². The summed E-state index contributed by atoms with van der Waals surface area (Å²) in [6.45, 7) is 0.690. The van der Waals surface area contributed by atoms with Gasteiger partial charge in [-0.15, -0.1) is 0 Å². The number of nitrogens with zero attached hydrogens (tertiary/aromatic N) is 3. The first-order valence-corrected chi connectivity index (χ1v) is 6.80. The Morgan fingerprint density at radius 1 is 1.23 bits per heavy atom. The molecule has 3 heterocycles. The Balaban J connectivity index is 1.72. The second-order valence-corrected chi connectivity index (χ2v) is 5.00. The molecule has 0 spiro atoms. The summed E-state index contributed by atoms with van der Waals surface area (Å²) in [6.07, 6.45) is 5.24. The van der Waals surface area contributed by atoms with Crippen molar-refractivity contribution in [3.63, 3.8) is 0 Å². The first kappa shape index (κ1) is 12.7. The molecule has 3 aliphatic rings. The lowest BCUT2D eigenvalue weighted by molar-refractivity contribution is 0.102. The number of carbonyl (C=O) groups excluding carboxylic acids is 1. The predicted molar refractivity (Wildman–Crippen MR) is 81.4 cm³/mol. The van der Waals surface area contributed by atoms with E-state index in [4.69, 9.17) is 0 Å². The minimum atomic E-state index is -0.345. The molecule has 0 aromatic heterocycles. The van der Waals surface area contributed by atoms with Gasteiger partial charge in [-0.1, -0.05) is 0 Å². The number of aliphatic imine (C=N–C) groups is 1. The largest absolute Gasteiger partial charge is 0.327 e. The zero-order valence-electron chi connectivity index (χ0n) is 11.5. The van der Waals surface area contributed by atoms with Crippen molar-refractivity contribution >= 4 is 23.6 Å². The molecule has 6 heteroatoms. The van der Waals surface area contributed by atoms with Crippen molar-refractivity contribution in [1.29, 1.82) is 0 Å². The van der Waals surface area contributed by atoms with E-state index in [9.17, 15) is 9.18 Å². The highest BCUT2D eigenvalue weighted by atomic mass is 19.1. The fraction of sp³-hybridized carbons (Fsp3) is 0.0625. The standard InChI is InChI=1S/C16H11FN4O/c17-10-1-3-11(4-2-10)20-16(22)12-9-19-13-5-7-21-8-6-18-15(21)14(12)13/h1-7,9H,8H2,(H,20,22). The number of rotatable bonds is 2. The number of fused-ring (bicyclic) bond motifs is 3. The van der Waals surface area contributed by atoms with E-state index < -0.39 is 0 Å². The molecule has 22 heavy (non-hydrogen) atoms. The summed E-state index contributed by atoms with van der Waals surface area (Å²) in [5, 5.41) is 2.75. The van der Waals surface area contributed by atoms with Crippen molar-refractivity contribution in [2.75, 3.05) is 5.32 Å². The maximum Gasteiger partial charge on any atom is 0.258 e. The van der Waals surface area contributed by atoms with Crippen molar-refractivity contribution in [1.82, 2.24) is 9.55 Å². The number of carbonyl (C=O) groups is 1. The lowest BCUT2D eigenvalue weighted by Gasteiger charge is -2.10. The highest BCUT2D eigenvalue weighted by Crippen LogP contribution is 2.36. The van der Waals surface area contributed by atoms with E-state index in [1.54, 1.807) is 6.21 Å². The summed E-state index contributed by atoms with van der Waals surface area (Å²) in [5.41, 5.74) is 2.46. The summed E-state index contributed by atoms with van der Waals surface area (Å²) in [4.78, 5) is 21.1. The lowest BCUT2D eigenvalue weighted by atomic mass is 10.1. The summed E-state index contributed by atoms with van der Waals surface area (Å²) in [6, 6.07) is 7.50. The monoisotopic (exact) mass is 294 g/mol. The normalized spacial score (nSPS) is 12.6. The number of pyridine rings is 1. The third-order valence-electron chi connectivity index (χ3n) is 3.60. The summed E-state index contributed by atoms with van der Waals surface area (Å²) >= 11 is 0. The third-order valence-corrected chi connectivity index (χ3v) is 3.60. The fourth-order valence-electron chi connectivity index (χ4n) is 2.54. The molecule has 5 nitrogen and oxygen atoms in total. The molecular formula is C16H11FN4O. The van der Waals surface area contributed by atoms with E-state index in [2.05, 4.69) is 15.3 Å². The molecule has 0 fully saturated rings. The number of hydrogen-bond acceptors (Lipinski definition) is 3. The van der Waals surface area contributed by atoms with Gasteiger partial charge in [0.05, 0.1) is 23.4 Å². The first-order valence-electron chi connectivity index (χ1n) is 6.80. The molecule has 1 amide bonds. The average Bonchev–Trinajstić information content (AvgIpc) is 3.14. The van der Waals surface area contributed by atoms with Gasteiger partial charge in [0.2, 0.25) is 0 Å². The van der Waals surface area contributed by atoms with Gasteiger partial charge in [-0.2, -0.15) is 0 Å². The van der Waals surface area contributed by atoms with Crippen molar-refractivity contribution in [3.05, 3.63) is 54.1 Å². The van der Waals surface area contributed by atoms with Crippen LogP contribution in [0.1, 0.15) is 10.4 Å². The van der Waals surface area contributed by atoms with E-state index in [1.165, 1.54) is 30.5 Å². The highest BCUT2D eigenvalue weighted by Gasteiger charge is 2.24. The Morgan fingerprint density at radius 3 is 2.86 bits per heavy atom. The zero-order valence-corrected chi connectivity index (χ0v) is 11.5. The quantitative estimate of drug-likeness (QED) is 0.789. The van der Waals surface area contributed by atoms with Gasteiger partial charge in [-0.05, 0) is 30.3 Å². The van der Waals surface area contributed by atoms with Crippen molar-refractivity contribution in [2.24, 2.45) is 4.99 Å². The summed E-state index contributed by atoms with van der Waals surface area (Å²) in [5.74, 6) is 0.103. The molecule has 0 unspecified atom stereocenters. The molecule has 0 saturated carbocycles. The van der Waals surface area contributed by atoms with E-state index in [0.29, 0.717) is 17.8 Å². The molecule has 1 aromatic carbocycles. The zero-order chi connectivity index (χ0) is 15.1. The molecule has 0 radical (unpaired) electrons. The van der Waals surface area contributed by atoms with Gasteiger partial charge >= 0.3 is 0 Å². The van der Waals surface area contributed by atoms with Crippen LogP contribution in [-0.4, -0.2) is 21.7 Å². The smallest absolute Gasteiger partial charge is 0.258 e. The van der Waals surface area contributed by atoms with Crippen LogP contribution in [0.3, 0.4) is 0 Å².